The van der Waals surface area contributed by atoms with Crippen LogP contribution in [0.5, 0.6) is 17.4 Å². The third-order valence-corrected chi connectivity index (χ3v) is 7.17. The zero-order valence-corrected chi connectivity index (χ0v) is 19.8. The van der Waals surface area contributed by atoms with Crippen molar-refractivity contribution in [3.8, 4) is 17.4 Å². The number of rotatable bonds is 8. The second kappa shape index (κ2) is 9.90. The molecule has 10 heteroatoms. The lowest BCUT2D eigenvalue weighted by molar-refractivity contribution is -0.139. The Morgan fingerprint density at radius 1 is 1.18 bits per heavy atom. The van der Waals surface area contributed by atoms with Gasteiger partial charge in [-0.25, -0.2) is 22.9 Å². The van der Waals surface area contributed by atoms with Crippen LogP contribution in [-0.2, 0) is 21.2 Å². The van der Waals surface area contributed by atoms with Crippen LogP contribution in [0, 0.1) is 0 Å². The zero-order valence-electron chi connectivity index (χ0n) is 17.4. The topological polar surface area (TPSA) is 115 Å². The number of hydrogen-bond acceptors (Lipinski definition) is 6. The van der Waals surface area contributed by atoms with Gasteiger partial charge in [-0.15, -0.1) is 0 Å². The van der Waals surface area contributed by atoms with E-state index in [1.807, 2.05) is 24.3 Å². The number of pyridine rings is 1. The maximum absolute atomic E-state index is 13.1. The van der Waals surface area contributed by atoms with Gasteiger partial charge >= 0.3 is 5.97 Å². The Balaban J connectivity index is 1.54. The van der Waals surface area contributed by atoms with Crippen molar-refractivity contribution >= 4 is 31.9 Å². The molecule has 0 bridgehead atoms. The highest BCUT2D eigenvalue weighted by molar-refractivity contribution is 9.10. The average Bonchev–Trinajstić information content (AvgIpc) is 2.79. The van der Waals surface area contributed by atoms with Crippen LogP contribution >= 0.6 is 15.9 Å². The van der Waals surface area contributed by atoms with E-state index in [2.05, 4.69) is 25.6 Å². The number of sulfonamides is 1. The summed E-state index contributed by atoms with van der Waals surface area (Å²) in [4.78, 5) is 15.0. The molecule has 1 heterocycles. The summed E-state index contributed by atoms with van der Waals surface area (Å²) in [6.07, 6.45) is 3.28. The number of nitrogens with one attached hydrogen (secondary N) is 1. The van der Waals surface area contributed by atoms with Crippen LogP contribution in [-0.4, -0.2) is 31.1 Å². The molecule has 3 aromatic rings. The van der Waals surface area contributed by atoms with Gasteiger partial charge in [0.2, 0.25) is 15.9 Å². The molecule has 0 fully saturated rings. The molecule has 8 nitrogen and oxygen atoms in total. The van der Waals surface area contributed by atoms with Gasteiger partial charge in [0.25, 0.3) is 0 Å². The molecule has 1 unspecified atom stereocenters. The summed E-state index contributed by atoms with van der Waals surface area (Å²) in [7, 11) is -3.89. The number of nitrogens with zero attached hydrogens (tertiary/aromatic N) is 1. The van der Waals surface area contributed by atoms with Crippen LogP contribution in [0.4, 0.5) is 0 Å². The molecule has 2 aromatic carbocycles. The SMILES string of the molecule is O=C(O)COc1cccc2c1CCCC2NS(=O)(=O)c1cnc(Oc2ccccc2)c(Br)c1. The lowest BCUT2D eigenvalue weighted by Crippen LogP contribution is -2.31. The quantitative estimate of drug-likeness (QED) is 0.440. The first-order valence-electron chi connectivity index (χ1n) is 10.2. The molecule has 0 saturated heterocycles. The van der Waals surface area contributed by atoms with E-state index in [-0.39, 0.29) is 10.8 Å². The van der Waals surface area contributed by atoms with Gasteiger partial charge in [-0.1, -0.05) is 30.3 Å². The highest BCUT2D eigenvalue weighted by atomic mass is 79.9. The second-order valence-corrected chi connectivity index (χ2v) is 10.0. The number of carboxylic acids is 1. The number of para-hydroxylation sites is 1. The fourth-order valence-corrected chi connectivity index (χ4v) is 5.50. The summed E-state index contributed by atoms with van der Waals surface area (Å²) in [6.45, 7) is -0.454. The van der Waals surface area contributed by atoms with E-state index in [4.69, 9.17) is 14.6 Å². The third kappa shape index (κ3) is 5.52. The van der Waals surface area contributed by atoms with Crippen molar-refractivity contribution in [1.29, 1.82) is 0 Å². The molecule has 0 radical (unpaired) electrons. The zero-order chi connectivity index (χ0) is 23.4. The number of benzene rings is 2. The minimum atomic E-state index is -3.89. The standard InChI is InChI=1S/C23H21BrN2O6S/c24-19-12-16(13-25-23(19)32-15-6-2-1-3-7-15)33(29,30)26-20-10-4-9-18-17(20)8-5-11-21(18)31-14-22(27)28/h1-3,5-8,11-13,20,26H,4,9-10,14H2,(H,27,28). The number of carboxylic acid groups (broad SMARTS) is 1. The molecule has 33 heavy (non-hydrogen) atoms. The number of aliphatic carboxylic acids is 1. The summed E-state index contributed by atoms with van der Waals surface area (Å²) in [5, 5.41) is 8.90. The van der Waals surface area contributed by atoms with Crippen molar-refractivity contribution in [1.82, 2.24) is 9.71 Å². The van der Waals surface area contributed by atoms with Crippen LogP contribution in [0.2, 0.25) is 0 Å². The predicted molar refractivity (Wildman–Crippen MR) is 124 cm³/mol. The molecule has 0 amide bonds. The molecule has 1 aromatic heterocycles. The van der Waals surface area contributed by atoms with Crippen molar-refractivity contribution in [2.24, 2.45) is 0 Å². The molecule has 172 valence electrons. The van der Waals surface area contributed by atoms with Crippen molar-refractivity contribution in [2.45, 2.75) is 30.2 Å². The summed E-state index contributed by atoms with van der Waals surface area (Å²) < 4.78 is 40.5. The Hall–Kier alpha value is -2.95. The Morgan fingerprint density at radius 3 is 2.70 bits per heavy atom. The van der Waals surface area contributed by atoms with Crippen LogP contribution in [0.15, 0.2) is 70.2 Å². The number of ether oxygens (including phenoxy) is 2. The molecule has 4 rings (SSSR count). The van der Waals surface area contributed by atoms with Crippen molar-refractivity contribution in [3.05, 3.63) is 76.4 Å². The average molecular weight is 533 g/mol. The molecule has 0 spiro atoms. The summed E-state index contributed by atoms with van der Waals surface area (Å²) in [5.74, 6) is 0.228. The van der Waals surface area contributed by atoms with Gasteiger partial charge in [0.05, 0.1) is 10.7 Å². The maximum atomic E-state index is 13.1. The molecule has 2 N–H and O–H groups in total. The van der Waals surface area contributed by atoms with Crippen LogP contribution in [0.3, 0.4) is 0 Å². The first kappa shape index (κ1) is 23.2. The van der Waals surface area contributed by atoms with E-state index >= 15 is 0 Å². The molecule has 1 aliphatic carbocycles. The van der Waals surface area contributed by atoms with Crippen LogP contribution < -0.4 is 14.2 Å². The van der Waals surface area contributed by atoms with E-state index in [0.29, 0.717) is 28.8 Å². The van der Waals surface area contributed by atoms with E-state index in [1.54, 1.807) is 24.3 Å². The lowest BCUT2D eigenvalue weighted by Gasteiger charge is -2.27. The van der Waals surface area contributed by atoms with Crippen LogP contribution in [0.25, 0.3) is 0 Å². The largest absolute Gasteiger partial charge is 0.482 e. The maximum Gasteiger partial charge on any atom is 0.341 e. The fourth-order valence-electron chi connectivity index (χ4n) is 3.70. The summed E-state index contributed by atoms with van der Waals surface area (Å²) >= 11 is 3.34. The number of carbonyl (C=O) groups is 1. The summed E-state index contributed by atoms with van der Waals surface area (Å²) in [5.41, 5.74) is 1.60. The third-order valence-electron chi connectivity index (χ3n) is 5.16. The predicted octanol–water partition coefficient (Wildman–Crippen LogP) is 4.46. The highest BCUT2D eigenvalue weighted by Crippen LogP contribution is 2.36. The Bertz CT molecular complexity index is 1270. The van der Waals surface area contributed by atoms with Gasteiger partial charge in [-0.05, 0) is 70.6 Å². The summed E-state index contributed by atoms with van der Waals surface area (Å²) in [6, 6.07) is 15.3. The molecular formula is C23H21BrN2O6S. The van der Waals surface area contributed by atoms with Gasteiger partial charge in [-0.3, -0.25) is 0 Å². The smallest absolute Gasteiger partial charge is 0.341 e. The minimum Gasteiger partial charge on any atom is -0.482 e. The minimum absolute atomic E-state index is 0.000178. The number of aromatic nitrogens is 1. The number of hydrogen-bond donors (Lipinski definition) is 2. The van der Waals surface area contributed by atoms with E-state index in [0.717, 1.165) is 17.5 Å². The van der Waals surface area contributed by atoms with Gasteiger partial charge < -0.3 is 14.6 Å². The van der Waals surface area contributed by atoms with Gasteiger partial charge in [0.15, 0.2) is 6.61 Å². The van der Waals surface area contributed by atoms with Gasteiger partial charge in [0, 0.05) is 6.04 Å². The molecule has 0 saturated carbocycles. The van der Waals surface area contributed by atoms with Gasteiger partial charge in [0.1, 0.15) is 16.4 Å². The van der Waals surface area contributed by atoms with Crippen molar-refractivity contribution in [2.75, 3.05) is 6.61 Å². The van der Waals surface area contributed by atoms with Crippen molar-refractivity contribution in [3.63, 3.8) is 0 Å². The fraction of sp³-hybridized carbons (Fsp3) is 0.217. The number of halogens is 1. The molecule has 0 aliphatic heterocycles. The lowest BCUT2D eigenvalue weighted by atomic mass is 9.87. The number of fused-ring (bicyclic) bond motifs is 1. The molecule has 1 atom stereocenters. The molecular weight excluding hydrogens is 512 g/mol. The Labute approximate surface area is 199 Å². The van der Waals surface area contributed by atoms with E-state index in [9.17, 15) is 13.2 Å². The first-order valence-corrected chi connectivity index (χ1v) is 12.5. The Morgan fingerprint density at radius 2 is 1.97 bits per heavy atom. The van der Waals surface area contributed by atoms with E-state index in [1.165, 1.54) is 12.3 Å². The highest BCUT2D eigenvalue weighted by Gasteiger charge is 2.28. The van der Waals surface area contributed by atoms with Crippen molar-refractivity contribution < 1.29 is 27.8 Å². The first-order chi connectivity index (χ1) is 15.8. The molecule has 1 aliphatic rings. The second-order valence-electron chi connectivity index (χ2n) is 7.45. The monoisotopic (exact) mass is 532 g/mol. The van der Waals surface area contributed by atoms with Gasteiger partial charge in [-0.2, -0.15) is 0 Å². The van der Waals surface area contributed by atoms with E-state index < -0.39 is 28.6 Å². The van der Waals surface area contributed by atoms with Crippen LogP contribution in [0.1, 0.15) is 30.0 Å². The Kier molecular flexibility index (Phi) is 6.96. The normalized spacial score (nSPS) is 15.5.